The fourth-order valence-corrected chi connectivity index (χ4v) is 2.57. The van der Waals surface area contributed by atoms with E-state index in [1.54, 1.807) is 0 Å². The van der Waals surface area contributed by atoms with Crippen molar-refractivity contribution in [1.82, 2.24) is 9.80 Å². The lowest BCUT2D eigenvalue weighted by Crippen LogP contribution is -2.46. The van der Waals surface area contributed by atoms with Gasteiger partial charge in [0.1, 0.15) is 0 Å². The van der Waals surface area contributed by atoms with Crippen LogP contribution in [-0.4, -0.2) is 54.1 Å². The van der Waals surface area contributed by atoms with Crippen LogP contribution in [-0.2, 0) is 4.79 Å². The number of carboxylic acids is 1. The molecule has 1 aliphatic rings. The molecule has 1 unspecified atom stereocenters. The van der Waals surface area contributed by atoms with Crippen LogP contribution in [0.3, 0.4) is 0 Å². The number of hydrogen-bond acceptors (Lipinski definition) is 3. The first-order valence-corrected chi connectivity index (χ1v) is 6.84. The van der Waals surface area contributed by atoms with Crippen LogP contribution in [0, 0.1) is 0 Å². The van der Waals surface area contributed by atoms with Crippen molar-refractivity contribution in [3.05, 3.63) is 34.9 Å². The lowest BCUT2D eigenvalue weighted by Gasteiger charge is -2.37. The minimum absolute atomic E-state index is 0.0662. The maximum absolute atomic E-state index is 11.1. The Morgan fingerprint density at radius 2 is 1.84 bits per heavy atom. The van der Waals surface area contributed by atoms with Crippen molar-refractivity contribution in [2.75, 3.05) is 33.2 Å². The standard InChI is InChI=1S/C14H19ClN2O2/c1-16-6-8-17(9-7-16)13(10-14(18)19)11-2-4-12(15)5-3-11/h2-5,13H,6-10H2,1H3,(H,18,19). The molecule has 0 aliphatic carbocycles. The average Bonchev–Trinajstić information content (AvgIpc) is 2.38. The lowest BCUT2D eigenvalue weighted by molar-refractivity contribution is -0.138. The van der Waals surface area contributed by atoms with Crippen LogP contribution in [0.15, 0.2) is 24.3 Å². The molecule has 0 spiro atoms. The van der Waals surface area contributed by atoms with E-state index in [0.717, 1.165) is 31.7 Å². The highest BCUT2D eigenvalue weighted by molar-refractivity contribution is 6.30. The summed E-state index contributed by atoms with van der Waals surface area (Å²) < 4.78 is 0. The molecule has 1 fully saturated rings. The van der Waals surface area contributed by atoms with Crippen LogP contribution in [0.25, 0.3) is 0 Å². The second-order valence-electron chi connectivity index (χ2n) is 5.00. The summed E-state index contributed by atoms with van der Waals surface area (Å²) in [6, 6.07) is 7.43. The number of likely N-dealkylation sites (N-methyl/N-ethyl adjacent to an activating group) is 1. The predicted molar refractivity (Wildman–Crippen MR) is 75.5 cm³/mol. The van der Waals surface area contributed by atoms with Gasteiger partial charge in [0.15, 0.2) is 0 Å². The molecule has 1 aliphatic heterocycles. The minimum Gasteiger partial charge on any atom is -0.481 e. The molecule has 104 valence electrons. The molecule has 5 heteroatoms. The van der Waals surface area contributed by atoms with Gasteiger partial charge in [-0.3, -0.25) is 9.69 Å². The van der Waals surface area contributed by atoms with Gasteiger partial charge in [-0.05, 0) is 24.7 Å². The van der Waals surface area contributed by atoms with Crippen LogP contribution >= 0.6 is 11.6 Å². The van der Waals surface area contributed by atoms with Crippen LogP contribution in [0.4, 0.5) is 0 Å². The molecule has 0 aromatic heterocycles. The van der Waals surface area contributed by atoms with E-state index in [0.29, 0.717) is 5.02 Å². The summed E-state index contributed by atoms with van der Waals surface area (Å²) >= 11 is 5.89. The topological polar surface area (TPSA) is 43.8 Å². The van der Waals surface area contributed by atoms with Gasteiger partial charge in [-0.25, -0.2) is 0 Å². The number of halogens is 1. The molecule has 0 amide bonds. The zero-order valence-electron chi connectivity index (χ0n) is 11.1. The summed E-state index contributed by atoms with van der Waals surface area (Å²) in [6.07, 6.45) is 0.130. The van der Waals surface area contributed by atoms with Crippen LogP contribution in [0.5, 0.6) is 0 Å². The Morgan fingerprint density at radius 3 is 2.37 bits per heavy atom. The van der Waals surface area contributed by atoms with E-state index in [1.807, 2.05) is 24.3 Å². The Balaban J connectivity index is 2.15. The summed E-state index contributed by atoms with van der Waals surface area (Å²) in [7, 11) is 2.09. The number of aliphatic carboxylic acids is 1. The van der Waals surface area contributed by atoms with Crippen LogP contribution in [0.2, 0.25) is 5.02 Å². The molecule has 0 radical (unpaired) electrons. The van der Waals surface area contributed by atoms with Gasteiger partial charge in [0, 0.05) is 37.2 Å². The predicted octanol–water partition coefficient (Wildman–Crippen LogP) is 2.10. The number of hydrogen-bond donors (Lipinski definition) is 1. The van der Waals surface area contributed by atoms with Gasteiger partial charge in [-0.2, -0.15) is 0 Å². The molecule has 1 atom stereocenters. The fraction of sp³-hybridized carbons (Fsp3) is 0.500. The quantitative estimate of drug-likeness (QED) is 0.919. The van der Waals surface area contributed by atoms with E-state index in [2.05, 4.69) is 16.8 Å². The number of benzene rings is 1. The first-order chi connectivity index (χ1) is 9.06. The van der Waals surface area contributed by atoms with Gasteiger partial charge in [0.05, 0.1) is 6.42 Å². The second-order valence-corrected chi connectivity index (χ2v) is 5.44. The van der Waals surface area contributed by atoms with E-state index in [-0.39, 0.29) is 12.5 Å². The molecule has 1 N–H and O–H groups in total. The maximum atomic E-state index is 11.1. The third-order valence-electron chi connectivity index (χ3n) is 3.60. The van der Waals surface area contributed by atoms with E-state index < -0.39 is 5.97 Å². The van der Waals surface area contributed by atoms with Crippen molar-refractivity contribution in [1.29, 1.82) is 0 Å². The SMILES string of the molecule is CN1CCN(C(CC(=O)O)c2ccc(Cl)cc2)CC1. The summed E-state index contributed by atoms with van der Waals surface area (Å²) in [5.74, 6) is -0.765. The smallest absolute Gasteiger partial charge is 0.305 e. The first-order valence-electron chi connectivity index (χ1n) is 6.46. The minimum atomic E-state index is -0.765. The third kappa shape index (κ3) is 3.93. The Morgan fingerprint density at radius 1 is 1.26 bits per heavy atom. The maximum Gasteiger partial charge on any atom is 0.305 e. The van der Waals surface area contributed by atoms with E-state index in [4.69, 9.17) is 16.7 Å². The number of carbonyl (C=O) groups is 1. The van der Waals surface area contributed by atoms with Crippen molar-refractivity contribution >= 4 is 17.6 Å². The summed E-state index contributed by atoms with van der Waals surface area (Å²) in [6.45, 7) is 3.75. The number of piperazine rings is 1. The van der Waals surface area contributed by atoms with Crippen molar-refractivity contribution in [2.45, 2.75) is 12.5 Å². The highest BCUT2D eigenvalue weighted by Gasteiger charge is 2.25. The molecule has 0 bridgehead atoms. The van der Waals surface area contributed by atoms with Gasteiger partial charge in [0.25, 0.3) is 0 Å². The molecule has 4 nitrogen and oxygen atoms in total. The molecular weight excluding hydrogens is 264 g/mol. The van der Waals surface area contributed by atoms with Gasteiger partial charge in [-0.1, -0.05) is 23.7 Å². The number of nitrogens with zero attached hydrogens (tertiary/aromatic N) is 2. The zero-order valence-corrected chi connectivity index (χ0v) is 11.8. The Kier molecular flexibility index (Phi) is 4.80. The second kappa shape index (κ2) is 6.37. The highest BCUT2D eigenvalue weighted by atomic mass is 35.5. The molecule has 19 heavy (non-hydrogen) atoms. The van der Waals surface area contributed by atoms with E-state index >= 15 is 0 Å². The van der Waals surface area contributed by atoms with E-state index in [1.165, 1.54) is 0 Å². The number of carboxylic acid groups (broad SMARTS) is 1. The fourth-order valence-electron chi connectivity index (χ4n) is 2.44. The largest absolute Gasteiger partial charge is 0.481 e. The van der Waals surface area contributed by atoms with Gasteiger partial charge >= 0.3 is 5.97 Å². The summed E-state index contributed by atoms with van der Waals surface area (Å²) in [5, 5.41) is 9.80. The van der Waals surface area contributed by atoms with Crippen LogP contribution < -0.4 is 0 Å². The van der Waals surface area contributed by atoms with Gasteiger partial charge in [-0.15, -0.1) is 0 Å². The molecule has 1 aromatic rings. The Labute approximate surface area is 118 Å². The number of rotatable bonds is 4. The Hall–Kier alpha value is -1.10. The molecule has 2 rings (SSSR count). The lowest BCUT2D eigenvalue weighted by atomic mass is 10.0. The Bertz CT molecular complexity index is 428. The third-order valence-corrected chi connectivity index (χ3v) is 3.85. The van der Waals surface area contributed by atoms with Crippen molar-refractivity contribution in [3.63, 3.8) is 0 Å². The summed E-state index contributed by atoms with van der Waals surface area (Å²) in [4.78, 5) is 15.6. The van der Waals surface area contributed by atoms with Crippen LogP contribution in [0.1, 0.15) is 18.0 Å². The molecule has 1 heterocycles. The van der Waals surface area contributed by atoms with Crippen molar-refractivity contribution in [2.24, 2.45) is 0 Å². The van der Waals surface area contributed by atoms with Gasteiger partial charge in [0.2, 0.25) is 0 Å². The van der Waals surface area contributed by atoms with Gasteiger partial charge < -0.3 is 10.0 Å². The molecule has 0 saturated carbocycles. The van der Waals surface area contributed by atoms with Crippen molar-refractivity contribution < 1.29 is 9.90 Å². The highest BCUT2D eigenvalue weighted by Crippen LogP contribution is 2.26. The molecular formula is C14H19ClN2O2. The monoisotopic (exact) mass is 282 g/mol. The first kappa shape index (κ1) is 14.3. The average molecular weight is 283 g/mol. The summed E-state index contributed by atoms with van der Waals surface area (Å²) in [5.41, 5.74) is 1.02. The molecule has 1 aromatic carbocycles. The van der Waals surface area contributed by atoms with Crippen molar-refractivity contribution in [3.8, 4) is 0 Å². The molecule has 1 saturated heterocycles. The normalized spacial score (nSPS) is 19.3. The zero-order chi connectivity index (χ0) is 13.8. The van der Waals surface area contributed by atoms with E-state index in [9.17, 15) is 4.79 Å².